The van der Waals surface area contributed by atoms with Crippen molar-refractivity contribution >= 4 is 28.8 Å². The summed E-state index contributed by atoms with van der Waals surface area (Å²) >= 11 is 0. The van der Waals surface area contributed by atoms with Gasteiger partial charge in [0, 0.05) is 42.3 Å². The molecule has 5 rings (SSSR count). The predicted molar refractivity (Wildman–Crippen MR) is 123 cm³/mol. The van der Waals surface area contributed by atoms with Crippen molar-refractivity contribution in [2.45, 2.75) is 6.42 Å². The van der Waals surface area contributed by atoms with Crippen molar-refractivity contribution in [3.63, 3.8) is 0 Å². The first-order chi connectivity index (χ1) is 15.6. The monoisotopic (exact) mass is 426 g/mol. The Morgan fingerprint density at radius 2 is 1.84 bits per heavy atom. The number of benzene rings is 2. The number of anilines is 2. The third-order valence-electron chi connectivity index (χ3n) is 5.69. The first-order valence-electron chi connectivity index (χ1n) is 10.4. The van der Waals surface area contributed by atoms with E-state index in [4.69, 9.17) is 4.74 Å². The molecule has 32 heavy (non-hydrogen) atoms. The third kappa shape index (κ3) is 3.80. The van der Waals surface area contributed by atoms with Gasteiger partial charge in [-0.1, -0.05) is 18.2 Å². The highest BCUT2D eigenvalue weighted by molar-refractivity contribution is 6.03. The normalized spacial score (nSPS) is 15.8. The lowest BCUT2D eigenvalue weighted by Gasteiger charge is -2.17. The van der Waals surface area contributed by atoms with Gasteiger partial charge >= 0.3 is 0 Å². The zero-order valence-electron chi connectivity index (χ0n) is 17.6. The lowest BCUT2D eigenvalue weighted by atomic mass is 10.1. The standard InChI is InChI=1S/C25H22N4O3/c1-32-21-11-9-20(10-12-21)29-15-18(14-24(29)30)25(31)26-19-7-5-17(6-8-19)22-16-28-13-3-2-4-23(28)27-22/h2-13,16,18H,14-15H2,1H3,(H,26,31)/t18-/m0/s1. The molecule has 0 saturated carbocycles. The topological polar surface area (TPSA) is 75.9 Å². The molecule has 1 aliphatic rings. The number of nitrogens with one attached hydrogen (secondary N) is 1. The Hall–Kier alpha value is -4.13. The number of nitrogens with zero attached hydrogens (tertiary/aromatic N) is 3. The number of rotatable bonds is 5. The van der Waals surface area contributed by atoms with E-state index < -0.39 is 5.92 Å². The number of methoxy groups -OCH3 is 1. The molecule has 7 nitrogen and oxygen atoms in total. The Kier molecular flexibility index (Phi) is 5.07. The van der Waals surface area contributed by atoms with Gasteiger partial charge < -0.3 is 19.4 Å². The average molecular weight is 426 g/mol. The van der Waals surface area contributed by atoms with Crippen molar-refractivity contribution in [1.82, 2.24) is 9.38 Å². The molecule has 160 valence electrons. The van der Waals surface area contributed by atoms with E-state index >= 15 is 0 Å². The summed E-state index contributed by atoms with van der Waals surface area (Å²) in [5, 5.41) is 2.94. The van der Waals surface area contributed by atoms with Gasteiger partial charge in [0.1, 0.15) is 11.4 Å². The lowest BCUT2D eigenvalue weighted by Crippen LogP contribution is -2.28. The van der Waals surface area contributed by atoms with Gasteiger partial charge in [-0.15, -0.1) is 0 Å². The summed E-state index contributed by atoms with van der Waals surface area (Å²) in [7, 11) is 1.60. The van der Waals surface area contributed by atoms with E-state index in [-0.39, 0.29) is 18.2 Å². The molecule has 0 unspecified atom stereocenters. The number of ether oxygens (including phenoxy) is 1. The van der Waals surface area contributed by atoms with Gasteiger partial charge in [0.2, 0.25) is 11.8 Å². The van der Waals surface area contributed by atoms with E-state index in [1.54, 1.807) is 24.1 Å². The maximum absolute atomic E-state index is 12.8. The summed E-state index contributed by atoms with van der Waals surface area (Å²) in [5.41, 5.74) is 4.17. The van der Waals surface area contributed by atoms with Crippen LogP contribution in [0.15, 0.2) is 79.1 Å². The molecule has 0 spiro atoms. The van der Waals surface area contributed by atoms with Gasteiger partial charge in [-0.3, -0.25) is 9.59 Å². The maximum atomic E-state index is 12.8. The molecule has 0 bridgehead atoms. The summed E-state index contributed by atoms with van der Waals surface area (Å²) in [4.78, 5) is 31.5. The van der Waals surface area contributed by atoms with Gasteiger partial charge in [-0.05, 0) is 48.5 Å². The van der Waals surface area contributed by atoms with E-state index in [1.165, 1.54) is 0 Å². The number of amides is 2. The Bertz CT molecular complexity index is 1250. The molecule has 0 aliphatic carbocycles. The number of hydrogen-bond donors (Lipinski definition) is 1. The summed E-state index contributed by atoms with van der Waals surface area (Å²) < 4.78 is 7.13. The quantitative estimate of drug-likeness (QED) is 0.523. The van der Waals surface area contributed by atoms with Crippen molar-refractivity contribution in [2.24, 2.45) is 5.92 Å². The van der Waals surface area contributed by atoms with Crippen LogP contribution in [0.25, 0.3) is 16.9 Å². The van der Waals surface area contributed by atoms with Crippen LogP contribution in [0.3, 0.4) is 0 Å². The zero-order chi connectivity index (χ0) is 22.1. The van der Waals surface area contributed by atoms with Crippen molar-refractivity contribution in [2.75, 3.05) is 23.9 Å². The van der Waals surface area contributed by atoms with E-state index in [0.717, 1.165) is 28.3 Å². The van der Waals surface area contributed by atoms with E-state index in [2.05, 4.69) is 10.3 Å². The Morgan fingerprint density at radius 3 is 2.56 bits per heavy atom. The molecule has 1 fully saturated rings. The van der Waals surface area contributed by atoms with Crippen LogP contribution in [0.4, 0.5) is 11.4 Å². The number of aromatic nitrogens is 2. The molecule has 1 N–H and O–H groups in total. The largest absolute Gasteiger partial charge is 0.497 e. The van der Waals surface area contributed by atoms with Crippen molar-refractivity contribution in [3.8, 4) is 17.0 Å². The van der Waals surface area contributed by atoms with Gasteiger partial charge in [-0.25, -0.2) is 4.98 Å². The Labute approximate surface area is 185 Å². The third-order valence-corrected chi connectivity index (χ3v) is 5.69. The van der Waals surface area contributed by atoms with Gasteiger partial charge in [0.25, 0.3) is 0 Å². The molecule has 3 heterocycles. The van der Waals surface area contributed by atoms with Crippen LogP contribution in [0.5, 0.6) is 5.75 Å². The highest BCUT2D eigenvalue weighted by Crippen LogP contribution is 2.28. The van der Waals surface area contributed by atoms with Crippen LogP contribution < -0.4 is 15.0 Å². The molecule has 2 aromatic heterocycles. The molecule has 2 aromatic carbocycles. The smallest absolute Gasteiger partial charge is 0.229 e. The van der Waals surface area contributed by atoms with Crippen LogP contribution in [0, 0.1) is 5.92 Å². The molecule has 1 aliphatic heterocycles. The Balaban J connectivity index is 1.25. The summed E-state index contributed by atoms with van der Waals surface area (Å²) in [6.45, 7) is 0.357. The number of pyridine rings is 1. The number of carbonyl (C=O) groups excluding carboxylic acids is 2. The molecule has 7 heteroatoms. The number of fused-ring (bicyclic) bond motifs is 1. The zero-order valence-corrected chi connectivity index (χ0v) is 17.6. The predicted octanol–water partition coefficient (Wildman–Crippen LogP) is 4.00. The molecule has 1 atom stereocenters. The summed E-state index contributed by atoms with van der Waals surface area (Å²) in [5.74, 6) is 0.108. The lowest BCUT2D eigenvalue weighted by molar-refractivity contribution is -0.122. The van der Waals surface area contributed by atoms with Gasteiger partial charge in [0.15, 0.2) is 0 Å². The fourth-order valence-electron chi connectivity index (χ4n) is 3.94. The first kappa shape index (κ1) is 19.8. The maximum Gasteiger partial charge on any atom is 0.229 e. The fraction of sp³-hybridized carbons (Fsp3) is 0.160. The fourth-order valence-corrected chi connectivity index (χ4v) is 3.94. The van der Waals surface area contributed by atoms with Crippen LogP contribution >= 0.6 is 0 Å². The second-order valence-corrected chi connectivity index (χ2v) is 7.76. The minimum absolute atomic E-state index is 0.0579. The van der Waals surface area contributed by atoms with E-state index in [0.29, 0.717) is 12.2 Å². The molecule has 4 aromatic rings. The minimum Gasteiger partial charge on any atom is -0.497 e. The summed E-state index contributed by atoms with van der Waals surface area (Å²) in [6, 6.07) is 20.7. The second kappa shape index (κ2) is 8.19. The van der Waals surface area contributed by atoms with Crippen LogP contribution in [0.2, 0.25) is 0 Å². The molecular formula is C25H22N4O3. The van der Waals surface area contributed by atoms with E-state index in [1.807, 2.05) is 71.4 Å². The van der Waals surface area contributed by atoms with Gasteiger partial charge in [-0.2, -0.15) is 0 Å². The first-order valence-corrected chi connectivity index (χ1v) is 10.4. The molecule has 1 saturated heterocycles. The molecular weight excluding hydrogens is 404 g/mol. The van der Waals surface area contributed by atoms with Crippen molar-refractivity contribution in [1.29, 1.82) is 0 Å². The SMILES string of the molecule is COc1ccc(N2C[C@@H](C(=O)Nc3ccc(-c4cn5ccccc5n4)cc3)CC2=O)cc1. The second-order valence-electron chi connectivity index (χ2n) is 7.76. The number of carbonyl (C=O) groups is 2. The highest BCUT2D eigenvalue weighted by Gasteiger charge is 2.35. The number of hydrogen-bond acceptors (Lipinski definition) is 4. The van der Waals surface area contributed by atoms with E-state index in [9.17, 15) is 9.59 Å². The summed E-state index contributed by atoms with van der Waals surface area (Å²) in [6.07, 6.45) is 4.12. The van der Waals surface area contributed by atoms with Crippen molar-refractivity contribution in [3.05, 3.63) is 79.1 Å². The highest BCUT2D eigenvalue weighted by atomic mass is 16.5. The van der Waals surface area contributed by atoms with Gasteiger partial charge in [0.05, 0.1) is 18.7 Å². The number of imidazole rings is 1. The van der Waals surface area contributed by atoms with Crippen LogP contribution in [-0.2, 0) is 9.59 Å². The van der Waals surface area contributed by atoms with Crippen LogP contribution in [0.1, 0.15) is 6.42 Å². The molecule has 0 radical (unpaired) electrons. The molecule has 2 amide bonds. The minimum atomic E-state index is -0.400. The van der Waals surface area contributed by atoms with Crippen molar-refractivity contribution < 1.29 is 14.3 Å². The van der Waals surface area contributed by atoms with Crippen LogP contribution in [-0.4, -0.2) is 34.9 Å². The average Bonchev–Trinajstić information content (AvgIpc) is 3.43. The Morgan fingerprint density at radius 1 is 1.06 bits per heavy atom.